The molecule has 0 aliphatic heterocycles. The van der Waals surface area contributed by atoms with Gasteiger partial charge in [0.1, 0.15) is 5.75 Å². The quantitative estimate of drug-likeness (QED) is 0.887. The molecule has 0 bridgehead atoms. The first-order chi connectivity index (χ1) is 9.13. The van der Waals surface area contributed by atoms with Crippen LogP contribution in [0.1, 0.15) is 38.7 Å². The third-order valence-electron chi connectivity index (χ3n) is 2.90. The number of nitrogen functional groups attached to an aromatic ring is 1. The summed E-state index contributed by atoms with van der Waals surface area (Å²) in [6.07, 6.45) is 0.983. The van der Waals surface area contributed by atoms with Crippen molar-refractivity contribution in [1.82, 2.24) is 5.16 Å². The van der Waals surface area contributed by atoms with E-state index in [1.54, 1.807) is 0 Å². The van der Waals surface area contributed by atoms with Gasteiger partial charge in [-0.3, -0.25) is 0 Å². The van der Waals surface area contributed by atoms with Gasteiger partial charge < -0.3 is 15.0 Å². The van der Waals surface area contributed by atoms with Gasteiger partial charge in [-0.1, -0.05) is 38.1 Å². The minimum Gasteiger partial charge on any atom is -0.494 e. The van der Waals surface area contributed by atoms with Gasteiger partial charge >= 0.3 is 0 Å². The second-order valence-corrected chi connectivity index (χ2v) is 4.84. The Morgan fingerprint density at radius 3 is 2.84 bits per heavy atom. The molecule has 0 aliphatic rings. The molecule has 2 aromatic rings. The van der Waals surface area contributed by atoms with Gasteiger partial charge in [-0.25, -0.2) is 0 Å². The number of hydrogen-bond acceptors (Lipinski definition) is 4. The molecule has 0 aliphatic carbocycles. The van der Waals surface area contributed by atoms with Gasteiger partial charge in [-0.2, -0.15) is 0 Å². The summed E-state index contributed by atoms with van der Waals surface area (Å²) in [5.74, 6) is 2.30. The minimum atomic E-state index is 0.265. The predicted octanol–water partition coefficient (Wildman–Crippen LogP) is 3.84. The molecular weight excluding hydrogens is 240 g/mol. The topological polar surface area (TPSA) is 61.3 Å². The van der Waals surface area contributed by atoms with Crippen molar-refractivity contribution >= 4 is 5.82 Å². The van der Waals surface area contributed by atoms with Gasteiger partial charge in [0.15, 0.2) is 11.6 Å². The molecule has 4 heteroatoms. The second-order valence-electron chi connectivity index (χ2n) is 4.84. The molecule has 0 radical (unpaired) electrons. The first kappa shape index (κ1) is 13.5. The summed E-state index contributed by atoms with van der Waals surface area (Å²) in [5.41, 5.74) is 7.76. The van der Waals surface area contributed by atoms with E-state index >= 15 is 0 Å². The van der Waals surface area contributed by atoms with Crippen LogP contribution in [0.15, 0.2) is 28.8 Å². The molecule has 0 fully saturated rings. The highest BCUT2D eigenvalue weighted by Gasteiger charge is 2.18. The molecule has 1 heterocycles. The van der Waals surface area contributed by atoms with Crippen LogP contribution in [0.4, 0.5) is 5.82 Å². The van der Waals surface area contributed by atoms with Gasteiger partial charge in [-0.05, 0) is 24.5 Å². The SMILES string of the molecule is CCCOc1cccc(-c2onc(N)c2C(C)C)c1. The molecule has 0 spiro atoms. The Hall–Kier alpha value is -1.97. The van der Waals surface area contributed by atoms with Crippen LogP contribution in [-0.4, -0.2) is 11.8 Å². The van der Waals surface area contributed by atoms with Gasteiger partial charge in [-0.15, -0.1) is 0 Å². The fraction of sp³-hybridized carbons (Fsp3) is 0.400. The van der Waals surface area contributed by atoms with Crippen LogP contribution in [0.5, 0.6) is 5.75 Å². The highest BCUT2D eigenvalue weighted by atomic mass is 16.5. The molecule has 2 N–H and O–H groups in total. The number of ether oxygens (including phenoxy) is 1. The van der Waals surface area contributed by atoms with Crippen molar-refractivity contribution in [2.24, 2.45) is 0 Å². The third kappa shape index (κ3) is 2.89. The molecule has 1 aromatic carbocycles. The number of benzene rings is 1. The van der Waals surface area contributed by atoms with Crippen LogP contribution in [0.2, 0.25) is 0 Å². The van der Waals surface area contributed by atoms with E-state index in [1.807, 2.05) is 24.3 Å². The average Bonchev–Trinajstić information content (AvgIpc) is 2.79. The number of hydrogen-bond donors (Lipinski definition) is 1. The molecule has 2 rings (SSSR count). The average molecular weight is 260 g/mol. The number of aromatic nitrogens is 1. The fourth-order valence-corrected chi connectivity index (χ4v) is 2.02. The maximum absolute atomic E-state index is 5.86. The maximum atomic E-state index is 5.86. The highest BCUT2D eigenvalue weighted by Crippen LogP contribution is 2.34. The zero-order valence-electron chi connectivity index (χ0n) is 11.6. The van der Waals surface area contributed by atoms with E-state index in [4.69, 9.17) is 15.0 Å². The Bertz CT molecular complexity index is 547. The molecule has 1 aromatic heterocycles. The molecule has 19 heavy (non-hydrogen) atoms. The van der Waals surface area contributed by atoms with Gasteiger partial charge in [0.25, 0.3) is 0 Å². The van der Waals surface area contributed by atoms with E-state index in [1.165, 1.54) is 0 Å². The van der Waals surface area contributed by atoms with Crippen LogP contribution < -0.4 is 10.5 Å². The number of nitrogens with zero attached hydrogens (tertiary/aromatic N) is 1. The smallest absolute Gasteiger partial charge is 0.172 e. The van der Waals surface area contributed by atoms with Crippen molar-refractivity contribution < 1.29 is 9.26 Å². The van der Waals surface area contributed by atoms with Crippen LogP contribution in [-0.2, 0) is 0 Å². The molecule has 0 saturated carbocycles. The normalized spacial score (nSPS) is 10.9. The lowest BCUT2D eigenvalue weighted by atomic mass is 9.99. The van der Waals surface area contributed by atoms with Crippen molar-refractivity contribution in [3.63, 3.8) is 0 Å². The summed E-state index contributed by atoms with van der Waals surface area (Å²) in [5, 5.41) is 3.87. The van der Waals surface area contributed by atoms with Gasteiger partial charge in [0, 0.05) is 11.1 Å². The molecule has 0 amide bonds. The summed E-state index contributed by atoms with van der Waals surface area (Å²) < 4.78 is 11.0. The standard InChI is InChI=1S/C15H20N2O2/c1-4-8-18-12-7-5-6-11(9-12)14-13(10(2)3)15(16)17-19-14/h5-7,9-10H,4,8H2,1-3H3,(H2,16,17). The lowest BCUT2D eigenvalue weighted by Gasteiger charge is -2.08. The Kier molecular flexibility index (Phi) is 4.10. The Morgan fingerprint density at radius 2 is 2.16 bits per heavy atom. The summed E-state index contributed by atoms with van der Waals surface area (Å²) in [7, 11) is 0. The van der Waals surface area contributed by atoms with Crippen molar-refractivity contribution in [3.05, 3.63) is 29.8 Å². The van der Waals surface area contributed by atoms with E-state index < -0.39 is 0 Å². The highest BCUT2D eigenvalue weighted by molar-refractivity contribution is 5.68. The van der Waals surface area contributed by atoms with Crippen LogP contribution in [0, 0.1) is 0 Å². The molecular formula is C15H20N2O2. The minimum absolute atomic E-state index is 0.265. The zero-order valence-corrected chi connectivity index (χ0v) is 11.6. The number of anilines is 1. The summed E-state index contributed by atoms with van der Waals surface area (Å²) in [6, 6.07) is 7.82. The molecule has 102 valence electrons. The molecule has 0 saturated heterocycles. The molecule has 4 nitrogen and oxygen atoms in total. The number of nitrogens with two attached hydrogens (primary N) is 1. The second kappa shape index (κ2) is 5.78. The number of rotatable bonds is 5. The first-order valence-corrected chi connectivity index (χ1v) is 6.61. The maximum Gasteiger partial charge on any atom is 0.172 e. The summed E-state index contributed by atoms with van der Waals surface area (Å²) >= 11 is 0. The van der Waals surface area contributed by atoms with Crippen molar-refractivity contribution in [2.45, 2.75) is 33.1 Å². The van der Waals surface area contributed by atoms with Crippen molar-refractivity contribution in [3.8, 4) is 17.1 Å². The van der Waals surface area contributed by atoms with Gasteiger partial charge in [0.05, 0.1) is 6.61 Å². The first-order valence-electron chi connectivity index (χ1n) is 6.61. The van der Waals surface area contributed by atoms with Gasteiger partial charge in [0.2, 0.25) is 0 Å². The summed E-state index contributed by atoms with van der Waals surface area (Å²) in [4.78, 5) is 0. The predicted molar refractivity (Wildman–Crippen MR) is 76.2 cm³/mol. The zero-order chi connectivity index (χ0) is 13.8. The summed E-state index contributed by atoms with van der Waals surface area (Å²) in [6.45, 7) is 6.94. The largest absolute Gasteiger partial charge is 0.494 e. The Morgan fingerprint density at radius 1 is 1.37 bits per heavy atom. The van der Waals surface area contributed by atoms with Crippen molar-refractivity contribution in [1.29, 1.82) is 0 Å². The van der Waals surface area contributed by atoms with E-state index in [0.29, 0.717) is 12.4 Å². The van der Waals surface area contributed by atoms with E-state index in [0.717, 1.165) is 29.1 Å². The van der Waals surface area contributed by atoms with Crippen LogP contribution >= 0.6 is 0 Å². The molecule has 0 atom stereocenters. The molecule has 0 unspecified atom stereocenters. The lowest BCUT2D eigenvalue weighted by Crippen LogP contribution is -1.96. The van der Waals surface area contributed by atoms with Crippen molar-refractivity contribution in [2.75, 3.05) is 12.3 Å². The monoisotopic (exact) mass is 260 g/mol. The Balaban J connectivity index is 2.36. The van der Waals surface area contributed by atoms with E-state index in [9.17, 15) is 0 Å². The third-order valence-corrected chi connectivity index (χ3v) is 2.90. The van der Waals surface area contributed by atoms with Crippen LogP contribution in [0.3, 0.4) is 0 Å². The van der Waals surface area contributed by atoms with E-state index in [-0.39, 0.29) is 5.92 Å². The lowest BCUT2D eigenvalue weighted by molar-refractivity contribution is 0.317. The van der Waals surface area contributed by atoms with Crippen LogP contribution in [0.25, 0.3) is 11.3 Å². The fourth-order valence-electron chi connectivity index (χ4n) is 2.02. The Labute approximate surface area is 113 Å². The van der Waals surface area contributed by atoms with E-state index in [2.05, 4.69) is 25.9 Å².